The molecule has 1 aromatic rings. The van der Waals surface area contributed by atoms with Crippen molar-refractivity contribution in [1.29, 1.82) is 0 Å². The molecule has 1 aromatic carbocycles. The molecule has 1 fully saturated rings. The zero-order valence-corrected chi connectivity index (χ0v) is 13.8. The van der Waals surface area contributed by atoms with Crippen molar-refractivity contribution < 1.29 is 18.3 Å². The van der Waals surface area contributed by atoms with Crippen molar-refractivity contribution in [3.8, 4) is 0 Å². The fourth-order valence-corrected chi connectivity index (χ4v) is 5.31. The van der Waals surface area contributed by atoms with Gasteiger partial charge < -0.3 is 5.11 Å². The van der Waals surface area contributed by atoms with E-state index >= 15 is 0 Å². The van der Waals surface area contributed by atoms with Crippen molar-refractivity contribution in [2.45, 2.75) is 31.2 Å². The molecule has 1 N–H and O–H groups in total. The van der Waals surface area contributed by atoms with E-state index < -0.39 is 16.0 Å². The largest absolute Gasteiger partial charge is 0.478 e. The van der Waals surface area contributed by atoms with Gasteiger partial charge in [-0.05, 0) is 31.4 Å². The van der Waals surface area contributed by atoms with E-state index in [2.05, 4.69) is 0 Å². The number of nitrogens with zero attached hydrogens (tertiary/aromatic N) is 1. The van der Waals surface area contributed by atoms with Gasteiger partial charge in [-0.3, -0.25) is 0 Å². The summed E-state index contributed by atoms with van der Waals surface area (Å²) < 4.78 is 26.8. The van der Waals surface area contributed by atoms with Crippen LogP contribution in [-0.4, -0.2) is 36.4 Å². The van der Waals surface area contributed by atoms with Crippen molar-refractivity contribution in [1.82, 2.24) is 4.31 Å². The van der Waals surface area contributed by atoms with E-state index in [4.69, 9.17) is 28.3 Å². The van der Waals surface area contributed by atoms with Crippen molar-refractivity contribution in [3.63, 3.8) is 0 Å². The van der Waals surface area contributed by atoms with Crippen LogP contribution in [0.15, 0.2) is 17.0 Å². The van der Waals surface area contributed by atoms with Crippen LogP contribution in [0.25, 0.3) is 0 Å². The summed E-state index contributed by atoms with van der Waals surface area (Å²) in [6.07, 6.45) is 0.760. The van der Waals surface area contributed by atoms with Crippen LogP contribution in [0.2, 0.25) is 10.0 Å². The van der Waals surface area contributed by atoms with Gasteiger partial charge >= 0.3 is 5.97 Å². The number of halogens is 2. The van der Waals surface area contributed by atoms with Gasteiger partial charge in [-0.15, -0.1) is 0 Å². The van der Waals surface area contributed by atoms with Crippen LogP contribution in [0.3, 0.4) is 0 Å². The first-order valence-electron chi connectivity index (χ1n) is 6.39. The van der Waals surface area contributed by atoms with Gasteiger partial charge in [-0.1, -0.05) is 30.1 Å². The van der Waals surface area contributed by atoms with Crippen LogP contribution in [0, 0.1) is 5.92 Å². The summed E-state index contributed by atoms with van der Waals surface area (Å²) in [4.78, 5) is 11.0. The molecule has 1 heterocycles. The predicted molar refractivity (Wildman–Crippen MR) is 80.6 cm³/mol. The van der Waals surface area contributed by atoms with Gasteiger partial charge in [0.05, 0.1) is 15.6 Å². The fraction of sp³-hybridized carbons (Fsp3) is 0.462. The lowest BCUT2D eigenvalue weighted by molar-refractivity contribution is 0.0697. The van der Waals surface area contributed by atoms with Crippen LogP contribution < -0.4 is 0 Å². The summed E-state index contributed by atoms with van der Waals surface area (Å²) in [5.74, 6) is -1.11. The Morgan fingerprint density at radius 2 is 1.95 bits per heavy atom. The Hall–Kier alpha value is -0.820. The van der Waals surface area contributed by atoms with Crippen molar-refractivity contribution in [2.75, 3.05) is 6.54 Å². The van der Waals surface area contributed by atoms with E-state index in [0.29, 0.717) is 6.54 Å². The smallest absolute Gasteiger partial charge is 0.338 e. The quantitative estimate of drug-likeness (QED) is 0.907. The summed E-state index contributed by atoms with van der Waals surface area (Å²) in [6, 6.07) is 2.35. The topological polar surface area (TPSA) is 74.7 Å². The highest BCUT2D eigenvalue weighted by atomic mass is 35.5. The summed E-state index contributed by atoms with van der Waals surface area (Å²) in [7, 11) is -3.84. The van der Waals surface area contributed by atoms with Crippen LogP contribution in [0.4, 0.5) is 0 Å². The molecule has 2 atom stereocenters. The lowest BCUT2D eigenvalue weighted by Gasteiger charge is -2.22. The molecule has 21 heavy (non-hydrogen) atoms. The lowest BCUT2D eigenvalue weighted by Crippen LogP contribution is -2.34. The van der Waals surface area contributed by atoms with Gasteiger partial charge in [0.25, 0.3) is 0 Å². The molecule has 8 heteroatoms. The normalized spacial score (nSPS) is 23.4. The number of carboxylic acids is 1. The van der Waals surface area contributed by atoms with Gasteiger partial charge in [0.1, 0.15) is 4.90 Å². The maximum absolute atomic E-state index is 12.7. The third-order valence-electron chi connectivity index (χ3n) is 3.58. The number of hydrogen-bond acceptors (Lipinski definition) is 3. The SMILES string of the molecule is CC1CC(C)N(S(=O)(=O)c2ccc(Cl)c(C(=O)O)c2Cl)C1. The first kappa shape index (κ1) is 16.5. The van der Waals surface area contributed by atoms with Gasteiger partial charge in [0, 0.05) is 12.6 Å². The van der Waals surface area contributed by atoms with E-state index in [1.54, 1.807) is 0 Å². The summed E-state index contributed by atoms with van der Waals surface area (Å²) in [5.41, 5.74) is -0.390. The Morgan fingerprint density at radius 1 is 1.33 bits per heavy atom. The standard InChI is InChI=1S/C13H15Cl2NO4S/c1-7-5-8(2)16(6-7)21(19,20)10-4-3-9(14)11(12(10)15)13(17)18/h3-4,7-8H,5-6H2,1-2H3,(H,17,18). The highest BCUT2D eigenvalue weighted by molar-refractivity contribution is 7.89. The molecule has 1 aliphatic rings. The first-order valence-corrected chi connectivity index (χ1v) is 8.59. The Kier molecular flexibility index (Phi) is 4.54. The zero-order valence-electron chi connectivity index (χ0n) is 11.5. The Balaban J connectivity index is 2.56. The fourth-order valence-electron chi connectivity index (χ4n) is 2.65. The molecule has 1 aliphatic heterocycles. The molecule has 5 nitrogen and oxygen atoms in total. The van der Waals surface area contributed by atoms with Gasteiger partial charge in [0.15, 0.2) is 0 Å². The molecule has 0 saturated carbocycles. The van der Waals surface area contributed by atoms with Crippen LogP contribution >= 0.6 is 23.2 Å². The van der Waals surface area contributed by atoms with E-state index in [-0.39, 0.29) is 32.5 Å². The van der Waals surface area contributed by atoms with E-state index in [0.717, 1.165) is 6.42 Å². The number of carbonyl (C=O) groups is 1. The Morgan fingerprint density at radius 3 is 2.43 bits per heavy atom. The highest BCUT2D eigenvalue weighted by Gasteiger charge is 2.38. The molecule has 0 radical (unpaired) electrons. The van der Waals surface area contributed by atoms with Crippen molar-refractivity contribution >= 4 is 39.2 Å². The molecular weight excluding hydrogens is 337 g/mol. The van der Waals surface area contributed by atoms with Crippen molar-refractivity contribution in [3.05, 3.63) is 27.7 Å². The number of carboxylic acid groups (broad SMARTS) is 1. The maximum Gasteiger partial charge on any atom is 0.338 e. The van der Waals surface area contributed by atoms with Crippen LogP contribution in [0.1, 0.15) is 30.6 Å². The molecule has 2 rings (SSSR count). The number of rotatable bonds is 3. The first-order chi connectivity index (χ1) is 9.66. The van der Waals surface area contributed by atoms with E-state index in [1.165, 1.54) is 16.4 Å². The predicted octanol–water partition coefficient (Wildman–Crippen LogP) is 3.11. The van der Waals surface area contributed by atoms with Crippen molar-refractivity contribution in [2.24, 2.45) is 5.92 Å². The molecular formula is C13H15Cl2NO4S. The van der Waals surface area contributed by atoms with Crippen LogP contribution in [0.5, 0.6) is 0 Å². The number of sulfonamides is 1. The number of hydrogen-bond donors (Lipinski definition) is 1. The van der Waals surface area contributed by atoms with Gasteiger partial charge in [-0.2, -0.15) is 4.31 Å². The summed E-state index contributed by atoms with van der Waals surface area (Å²) in [5, 5.41) is 8.68. The molecule has 0 aliphatic carbocycles. The molecule has 116 valence electrons. The van der Waals surface area contributed by atoms with Gasteiger partial charge in [-0.25, -0.2) is 13.2 Å². The van der Waals surface area contributed by atoms with Crippen LogP contribution in [-0.2, 0) is 10.0 Å². The van der Waals surface area contributed by atoms with E-state index in [1.807, 2.05) is 13.8 Å². The van der Waals surface area contributed by atoms with E-state index in [9.17, 15) is 13.2 Å². The van der Waals surface area contributed by atoms with Gasteiger partial charge in [0.2, 0.25) is 10.0 Å². The molecule has 2 unspecified atom stereocenters. The highest BCUT2D eigenvalue weighted by Crippen LogP contribution is 2.36. The second kappa shape index (κ2) is 5.76. The molecule has 0 spiro atoms. The third kappa shape index (κ3) is 2.90. The minimum atomic E-state index is -3.84. The number of benzene rings is 1. The second-order valence-corrected chi connectivity index (χ2v) is 7.95. The minimum absolute atomic E-state index is 0.0886. The summed E-state index contributed by atoms with van der Waals surface area (Å²) >= 11 is 11.8. The Labute approximate surface area is 133 Å². The summed E-state index contributed by atoms with van der Waals surface area (Å²) in [6.45, 7) is 4.19. The second-order valence-electron chi connectivity index (χ2n) is 5.30. The molecule has 0 amide bonds. The minimum Gasteiger partial charge on any atom is -0.478 e. The molecule has 0 aromatic heterocycles. The zero-order chi connectivity index (χ0) is 15.9. The maximum atomic E-state index is 12.7. The monoisotopic (exact) mass is 351 g/mol. The third-order valence-corrected chi connectivity index (χ3v) is 6.42. The molecule has 1 saturated heterocycles. The average molecular weight is 352 g/mol. The molecule has 0 bridgehead atoms. The lowest BCUT2D eigenvalue weighted by atomic mass is 10.1. The Bertz CT molecular complexity index is 690. The average Bonchev–Trinajstić information content (AvgIpc) is 2.68. The number of aromatic carboxylic acids is 1.